The van der Waals surface area contributed by atoms with Crippen molar-refractivity contribution in [1.29, 1.82) is 0 Å². The molecule has 0 fully saturated rings. The van der Waals surface area contributed by atoms with E-state index in [0.717, 1.165) is 5.56 Å². The Labute approximate surface area is 203 Å². The van der Waals surface area contributed by atoms with Crippen molar-refractivity contribution in [2.75, 3.05) is 0 Å². The van der Waals surface area contributed by atoms with Gasteiger partial charge in [0.05, 0.1) is 28.4 Å². The molecule has 0 spiro atoms. The lowest BCUT2D eigenvalue weighted by atomic mass is 10.2. The van der Waals surface area contributed by atoms with Gasteiger partial charge in [0.25, 0.3) is 0 Å². The van der Waals surface area contributed by atoms with Crippen molar-refractivity contribution in [3.8, 4) is 0 Å². The summed E-state index contributed by atoms with van der Waals surface area (Å²) in [6.07, 6.45) is 1.56. The Kier molecular flexibility index (Phi) is 7.30. The number of benzene rings is 3. The lowest BCUT2D eigenvalue weighted by molar-refractivity contribution is 0.357. The number of para-hydroxylation sites is 1. The summed E-state index contributed by atoms with van der Waals surface area (Å²) in [4.78, 5) is 4.56. The molecule has 0 aliphatic rings. The first-order valence-electron chi connectivity index (χ1n) is 10.1. The van der Waals surface area contributed by atoms with Gasteiger partial charge < -0.3 is 4.42 Å². The highest BCUT2D eigenvalue weighted by atomic mass is 35.5. The molecule has 1 heterocycles. The molecule has 0 saturated heterocycles. The van der Waals surface area contributed by atoms with Gasteiger partial charge in [0.1, 0.15) is 11.5 Å². The number of halogens is 2. The van der Waals surface area contributed by atoms with Crippen LogP contribution in [-0.4, -0.2) is 18.9 Å². The van der Waals surface area contributed by atoms with Gasteiger partial charge in [0.2, 0.25) is 10.0 Å². The van der Waals surface area contributed by atoms with Crippen LogP contribution in [0.15, 0.2) is 105 Å². The fraction of sp³-hybridized carbons (Fsp3) is 0.0800. The number of furan rings is 1. The zero-order valence-corrected chi connectivity index (χ0v) is 19.8. The Bertz CT molecular complexity index is 1350. The summed E-state index contributed by atoms with van der Waals surface area (Å²) in [7, 11) is -3.77. The van der Waals surface area contributed by atoms with Crippen LogP contribution in [-0.2, 0) is 23.1 Å². The van der Waals surface area contributed by atoms with Crippen molar-refractivity contribution in [3.05, 3.63) is 118 Å². The molecule has 4 rings (SSSR count). The molecule has 168 valence electrons. The highest BCUT2D eigenvalue weighted by Gasteiger charge is 2.26. The van der Waals surface area contributed by atoms with E-state index in [0.29, 0.717) is 27.3 Å². The molecule has 0 bridgehead atoms. The van der Waals surface area contributed by atoms with E-state index in [1.807, 2.05) is 12.1 Å². The van der Waals surface area contributed by atoms with E-state index in [4.69, 9.17) is 27.6 Å². The molecule has 0 unspecified atom stereocenters. The fourth-order valence-electron chi connectivity index (χ4n) is 3.17. The molecule has 33 heavy (non-hydrogen) atoms. The van der Waals surface area contributed by atoms with Crippen molar-refractivity contribution in [1.82, 2.24) is 4.31 Å². The molecule has 0 amide bonds. The van der Waals surface area contributed by atoms with Gasteiger partial charge in [-0.25, -0.2) is 8.42 Å². The number of hydrogen-bond donors (Lipinski definition) is 0. The number of aliphatic imine (C=N–C) groups is 1. The second kappa shape index (κ2) is 10.4. The van der Waals surface area contributed by atoms with Crippen molar-refractivity contribution in [3.63, 3.8) is 0 Å². The van der Waals surface area contributed by atoms with Crippen molar-refractivity contribution in [2.24, 2.45) is 4.99 Å². The molecule has 0 N–H and O–H groups in total. The third-order valence-electron chi connectivity index (χ3n) is 4.85. The molecule has 5 nitrogen and oxygen atoms in total. The number of sulfonamides is 1. The SMILES string of the molecule is O=S(=O)(c1ccccc1)N(Cc1ccc(Cl)cc1)Cc1ccc(C=Nc2ccccc2Cl)o1. The first-order chi connectivity index (χ1) is 15.9. The quantitative estimate of drug-likeness (QED) is 0.253. The van der Waals surface area contributed by atoms with Gasteiger partial charge in [-0.2, -0.15) is 4.31 Å². The summed E-state index contributed by atoms with van der Waals surface area (Å²) in [5.74, 6) is 0.984. The monoisotopic (exact) mass is 498 g/mol. The molecule has 4 aromatic rings. The number of rotatable bonds is 8. The van der Waals surface area contributed by atoms with E-state index in [1.165, 1.54) is 4.31 Å². The number of hydrogen-bond acceptors (Lipinski definition) is 4. The first kappa shape index (κ1) is 23.3. The smallest absolute Gasteiger partial charge is 0.243 e. The average Bonchev–Trinajstić information content (AvgIpc) is 3.27. The summed E-state index contributed by atoms with van der Waals surface area (Å²) in [6.45, 7) is 0.220. The minimum absolute atomic E-state index is 0.0553. The Morgan fingerprint density at radius 1 is 0.818 bits per heavy atom. The van der Waals surface area contributed by atoms with Crippen LogP contribution in [0.2, 0.25) is 10.0 Å². The molecular formula is C25H20Cl2N2O3S. The highest BCUT2D eigenvalue weighted by Crippen LogP contribution is 2.25. The Morgan fingerprint density at radius 2 is 1.52 bits per heavy atom. The van der Waals surface area contributed by atoms with Crippen LogP contribution in [0.1, 0.15) is 17.1 Å². The largest absolute Gasteiger partial charge is 0.459 e. The first-order valence-corrected chi connectivity index (χ1v) is 12.3. The summed E-state index contributed by atoms with van der Waals surface area (Å²) in [5, 5.41) is 1.12. The predicted molar refractivity (Wildman–Crippen MR) is 132 cm³/mol. The molecule has 0 saturated carbocycles. The third-order valence-corrected chi connectivity index (χ3v) is 7.23. The zero-order chi connectivity index (χ0) is 23.3. The Balaban J connectivity index is 1.59. The molecule has 3 aromatic carbocycles. The van der Waals surface area contributed by atoms with Crippen LogP contribution < -0.4 is 0 Å². The minimum atomic E-state index is -3.77. The molecule has 1 aromatic heterocycles. The lowest BCUT2D eigenvalue weighted by Crippen LogP contribution is -2.30. The molecular weight excluding hydrogens is 479 g/mol. The van der Waals surface area contributed by atoms with E-state index in [2.05, 4.69) is 4.99 Å². The Hall–Kier alpha value is -2.90. The van der Waals surface area contributed by atoms with Gasteiger partial charge in [-0.1, -0.05) is 65.7 Å². The maximum Gasteiger partial charge on any atom is 0.243 e. The van der Waals surface area contributed by atoms with Gasteiger partial charge in [-0.15, -0.1) is 0 Å². The van der Waals surface area contributed by atoms with Crippen LogP contribution in [0.3, 0.4) is 0 Å². The van der Waals surface area contributed by atoms with Crippen molar-refractivity contribution < 1.29 is 12.8 Å². The molecule has 8 heteroatoms. The van der Waals surface area contributed by atoms with Gasteiger partial charge in [0, 0.05) is 11.6 Å². The predicted octanol–water partition coefficient (Wildman–Crippen LogP) is 6.73. The summed E-state index contributed by atoms with van der Waals surface area (Å²) in [6, 6.07) is 26.1. The van der Waals surface area contributed by atoms with Gasteiger partial charge in [-0.3, -0.25) is 4.99 Å². The van der Waals surface area contributed by atoms with Crippen molar-refractivity contribution in [2.45, 2.75) is 18.0 Å². The normalized spacial score (nSPS) is 12.0. The topological polar surface area (TPSA) is 62.9 Å². The van der Waals surface area contributed by atoms with Crippen LogP contribution in [0.4, 0.5) is 5.69 Å². The maximum atomic E-state index is 13.4. The van der Waals surface area contributed by atoms with Gasteiger partial charge in [0.15, 0.2) is 0 Å². The Morgan fingerprint density at radius 3 is 2.24 bits per heavy atom. The second-order valence-corrected chi connectivity index (χ2v) is 10.0. The summed E-state index contributed by atoms with van der Waals surface area (Å²) in [5.41, 5.74) is 1.43. The number of nitrogens with zero attached hydrogens (tertiary/aromatic N) is 2. The second-order valence-electron chi connectivity index (χ2n) is 7.23. The molecule has 0 aliphatic carbocycles. The van der Waals surface area contributed by atoms with E-state index < -0.39 is 10.0 Å². The molecule has 0 atom stereocenters. The van der Waals surface area contributed by atoms with Gasteiger partial charge >= 0.3 is 0 Å². The lowest BCUT2D eigenvalue weighted by Gasteiger charge is -2.21. The van der Waals surface area contributed by atoms with E-state index in [9.17, 15) is 8.42 Å². The van der Waals surface area contributed by atoms with E-state index in [1.54, 1.807) is 85.1 Å². The highest BCUT2D eigenvalue weighted by molar-refractivity contribution is 7.89. The summed E-state index contributed by atoms with van der Waals surface area (Å²) >= 11 is 12.1. The van der Waals surface area contributed by atoms with Crippen LogP contribution in [0.5, 0.6) is 0 Å². The third kappa shape index (κ3) is 5.92. The summed E-state index contributed by atoms with van der Waals surface area (Å²) < 4.78 is 34.0. The standard InChI is InChI=1S/C25H20Cl2N2O3S/c26-20-12-10-19(11-13-20)17-29(33(30,31)23-6-2-1-3-7-23)18-22-15-14-21(32-22)16-28-25-9-5-4-8-24(25)27/h1-16H,17-18H2. The minimum Gasteiger partial charge on any atom is -0.459 e. The van der Waals surface area contributed by atoms with Gasteiger partial charge in [-0.05, 0) is 54.1 Å². The van der Waals surface area contributed by atoms with Crippen LogP contribution in [0, 0.1) is 0 Å². The van der Waals surface area contributed by atoms with E-state index >= 15 is 0 Å². The van der Waals surface area contributed by atoms with Crippen LogP contribution >= 0.6 is 23.2 Å². The fourth-order valence-corrected chi connectivity index (χ4v) is 4.90. The molecule has 0 aliphatic heterocycles. The maximum absolute atomic E-state index is 13.4. The average molecular weight is 499 g/mol. The molecule has 0 radical (unpaired) electrons. The van der Waals surface area contributed by atoms with E-state index in [-0.39, 0.29) is 18.0 Å². The zero-order valence-electron chi connectivity index (χ0n) is 17.4. The van der Waals surface area contributed by atoms with Crippen molar-refractivity contribution >= 4 is 45.1 Å². The van der Waals surface area contributed by atoms with Crippen LogP contribution in [0.25, 0.3) is 0 Å².